The van der Waals surface area contributed by atoms with Gasteiger partial charge in [-0.25, -0.2) is 0 Å². The molecule has 3 aromatic rings. The largest absolute Gasteiger partial charge is 0.455 e. The highest BCUT2D eigenvalue weighted by atomic mass is 35.5. The van der Waals surface area contributed by atoms with Crippen LogP contribution in [0.15, 0.2) is 69.0 Å². The Morgan fingerprint density at radius 1 is 1.04 bits per heavy atom. The van der Waals surface area contributed by atoms with E-state index in [4.69, 9.17) is 27.6 Å². The number of sulfonamides is 1. The van der Waals surface area contributed by atoms with E-state index >= 15 is 0 Å². The SMILES string of the molecule is Cc1ccc(S(=O)(=O)N/N=C\c2ccc(-c3cc(Cl)ccc3Cl)o2)cc1. The van der Waals surface area contributed by atoms with Crippen LogP contribution in [0.1, 0.15) is 11.3 Å². The van der Waals surface area contributed by atoms with Crippen LogP contribution in [0.4, 0.5) is 0 Å². The summed E-state index contributed by atoms with van der Waals surface area (Å²) in [6.07, 6.45) is 1.27. The molecule has 2 aromatic carbocycles. The Kier molecular flexibility index (Phi) is 5.36. The summed E-state index contributed by atoms with van der Waals surface area (Å²) in [7, 11) is -3.73. The van der Waals surface area contributed by atoms with Gasteiger partial charge >= 0.3 is 0 Å². The van der Waals surface area contributed by atoms with Gasteiger partial charge in [0.25, 0.3) is 10.0 Å². The zero-order valence-electron chi connectivity index (χ0n) is 13.6. The number of furan rings is 1. The first-order valence-corrected chi connectivity index (χ1v) is 9.76. The molecule has 0 saturated heterocycles. The molecular weight excluding hydrogens is 395 g/mol. The van der Waals surface area contributed by atoms with Crippen LogP contribution < -0.4 is 4.83 Å². The van der Waals surface area contributed by atoms with E-state index in [1.54, 1.807) is 42.5 Å². The molecule has 0 aliphatic heterocycles. The molecule has 3 rings (SSSR count). The van der Waals surface area contributed by atoms with E-state index in [0.29, 0.717) is 27.1 Å². The van der Waals surface area contributed by atoms with Gasteiger partial charge in [0.1, 0.15) is 11.5 Å². The maximum Gasteiger partial charge on any atom is 0.276 e. The van der Waals surface area contributed by atoms with Gasteiger partial charge in [-0.3, -0.25) is 0 Å². The summed E-state index contributed by atoms with van der Waals surface area (Å²) in [6, 6.07) is 14.8. The van der Waals surface area contributed by atoms with Gasteiger partial charge in [0, 0.05) is 10.6 Å². The molecule has 26 heavy (non-hydrogen) atoms. The van der Waals surface area contributed by atoms with Crippen LogP contribution in [-0.4, -0.2) is 14.6 Å². The van der Waals surface area contributed by atoms with Crippen molar-refractivity contribution < 1.29 is 12.8 Å². The third-order valence-corrected chi connectivity index (χ3v) is 5.32. The molecule has 0 atom stereocenters. The van der Waals surface area contributed by atoms with Crippen molar-refractivity contribution in [1.29, 1.82) is 0 Å². The fourth-order valence-electron chi connectivity index (χ4n) is 2.18. The van der Waals surface area contributed by atoms with Gasteiger partial charge in [-0.1, -0.05) is 40.9 Å². The van der Waals surface area contributed by atoms with Gasteiger partial charge in [0.05, 0.1) is 16.1 Å². The number of hydrogen-bond donors (Lipinski definition) is 1. The summed E-state index contributed by atoms with van der Waals surface area (Å²) in [6.45, 7) is 1.88. The highest BCUT2D eigenvalue weighted by Gasteiger charge is 2.12. The summed E-state index contributed by atoms with van der Waals surface area (Å²) in [4.78, 5) is 2.28. The van der Waals surface area contributed by atoms with E-state index in [9.17, 15) is 8.42 Å². The topological polar surface area (TPSA) is 71.7 Å². The molecule has 1 heterocycles. The summed E-state index contributed by atoms with van der Waals surface area (Å²) in [5.74, 6) is 0.864. The van der Waals surface area contributed by atoms with Crippen LogP contribution in [0.2, 0.25) is 10.0 Å². The molecule has 0 radical (unpaired) electrons. The second-order valence-electron chi connectivity index (χ2n) is 5.49. The van der Waals surface area contributed by atoms with Crippen LogP contribution in [0.25, 0.3) is 11.3 Å². The average Bonchev–Trinajstić information content (AvgIpc) is 3.06. The number of halogens is 2. The minimum Gasteiger partial charge on any atom is -0.455 e. The van der Waals surface area contributed by atoms with Crippen molar-refractivity contribution >= 4 is 39.4 Å². The third kappa shape index (κ3) is 4.27. The van der Waals surface area contributed by atoms with Gasteiger partial charge in [-0.2, -0.15) is 18.4 Å². The van der Waals surface area contributed by atoms with Crippen LogP contribution in [0.5, 0.6) is 0 Å². The number of hydrogen-bond acceptors (Lipinski definition) is 4. The van der Waals surface area contributed by atoms with Crippen molar-refractivity contribution in [3.8, 4) is 11.3 Å². The summed E-state index contributed by atoms with van der Waals surface area (Å²) < 4.78 is 29.9. The average molecular weight is 409 g/mol. The first-order chi connectivity index (χ1) is 12.3. The maximum absolute atomic E-state index is 12.2. The van der Waals surface area contributed by atoms with E-state index in [1.807, 2.05) is 6.92 Å². The van der Waals surface area contributed by atoms with Crippen molar-refractivity contribution in [1.82, 2.24) is 4.83 Å². The Balaban J connectivity index is 1.75. The van der Waals surface area contributed by atoms with Gasteiger partial charge in [-0.15, -0.1) is 0 Å². The van der Waals surface area contributed by atoms with E-state index in [2.05, 4.69) is 9.93 Å². The van der Waals surface area contributed by atoms with E-state index < -0.39 is 10.0 Å². The van der Waals surface area contributed by atoms with E-state index in [-0.39, 0.29) is 4.90 Å². The van der Waals surface area contributed by atoms with E-state index in [0.717, 1.165) is 5.56 Å². The molecule has 8 heteroatoms. The Morgan fingerprint density at radius 3 is 2.50 bits per heavy atom. The van der Waals surface area contributed by atoms with Gasteiger partial charge < -0.3 is 4.42 Å². The standard InChI is InChI=1S/C18H14Cl2N2O3S/c1-12-2-6-15(7-3-12)26(23,24)22-21-11-14-5-9-18(25-14)16-10-13(19)4-8-17(16)20/h2-11,22H,1H3/b21-11-. The van der Waals surface area contributed by atoms with Gasteiger partial charge in [0.2, 0.25) is 0 Å². The number of benzene rings is 2. The molecular formula is C18H14Cl2N2O3S. The monoisotopic (exact) mass is 408 g/mol. The van der Waals surface area contributed by atoms with Crippen molar-refractivity contribution in [3.05, 3.63) is 76.0 Å². The molecule has 0 saturated carbocycles. The minimum atomic E-state index is -3.73. The van der Waals surface area contributed by atoms with E-state index in [1.165, 1.54) is 18.3 Å². The quantitative estimate of drug-likeness (QED) is 0.483. The fraction of sp³-hybridized carbons (Fsp3) is 0.0556. The Hall–Kier alpha value is -2.28. The lowest BCUT2D eigenvalue weighted by Gasteiger charge is -2.03. The zero-order chi connectivity index (χ0) is 18.7. The third-order valence-electron chi connectivity index (χ3n) is 3.52. The lowest BCUT2D eigenvalue weighted by Crippen LogP contribution is -2.18. The molecule has 0 fully saturated rings. The first-order valence-electron chi connectivity index (χ1n) is 7.52. The molecule has 0 amide bonds. The van der Waals surface area contributed by atoms with Crippen LogP contribution in [-0.2, 0) is 10.0 Å². The Morgan fingerprint density at radius 2 is 1.77 bits per heavy atom. The van der Waals surface area contributed by atoms with Crippen molar-refractivity contribution in [2.45, 2.75) is 11.8 Å². The van der Waals surface area contributed by atoms with Gasteiger partial charge in [0.15, 0.2) is 0 Å². The summed E-state index contributed by atoms with van der Waals surface area (Å²) in [5, 5.41) is 4.77. The normalized spacial score (nSPS) is 11.8. The molecule has 0 aliphatic rings. The fourth-order valence-corrected chi connectivity index (χ4v) is 3.36. The number of aryl methyl sites for hydroxylation is 1. The molecule has 1 aromatic heterocycles. The molecule has 0 unspecified atom stereocenters. The Bertz CT molecular complexity index is 1060. The lowest BCUT2D eigenvalue weighted by atomic mass is 10.2. The van der Waals surface area contributed by atoms with Crippen LogP contribution in [0.3, 0.4) is 0 Å². The zero-order valence-corrected chi connectivity index (χ0v) is 15.9. The molecule has 0 spiro atoms. The highest BCUT2D eigenvalue weighted by molar-refractivity contribution is 7.89. The maximum atomic E-state index is 12.2. The van der Waals surface area contributed by atoms with Crippen molar-refractivity contribution in [2.24, 2.45) is 5.10 Å². The second-order valence-corrected chi connectivity index (χ2v) is 8.00. The smallest absolute Gasteiger partial charge is 0.276 e. The van der Waals surface area contributed by atoms with Crippen molar-refractivity contribution in [3.63, 3.8) is 0 Å². The second kappa shape index (κ2) is 7.53. The van der Waals surface area contributed by atoms with Crippen LogP contribution in [0, 0.1) is 6.92 Å². The molecule has 0 bridgehead atoms. The molecule has 134 valence electrons. The highest BCUT2D eigenvalue weighted by Crippen LogP contribution is 2.31. The number of nitrogens with one attached hydrogen (secondary N) is 1. The molecule has 0 aliphatic carbocycles. The summed E-state index contributed by atoms with van der Waals surface area (Å²) >= 11 is 12.1. The van der Waals surface area contributed by atoms with Gasteiger partial charge in [-0.05, 0) is 49.4 Å². The minimum absolute atomic E-state index is 0.131. The lowest BCUT2D eigenvalue weighted by molar-refractivity contribution is 0.573. The molecule has 1 N–H and O–H groups in total. The number of nitrogens with zero attached hydrogens (tertiary/aromatic N) is 1. The first kappa shape index (κ1) is 18.5. The number of rotatable bonds is 5. The van der Waals surface area contributed by atoms with Crippen LogP contribution >= 0.6 is 23.2 Å². The number of hydrazone groups is 1. The predicted octanol–water partition coefficient (Wildman–Crippen LogP) is 4.87. The molecule has 5 nitrogen and oxygen atoms in total. The summed E-state index contributed by atoms with van der Waals surface area (Å²) in [5.41, 5.74) is 1.61. The predicted molar refractivity (Wildman–Crippen MR) is 103 cm³/mol. The Labute approximate surface area is 161 Å². The van der Waals surface area contributed by atoms with Crippen molar-refractivity contribution in [2.75, 3.05) is 0 Å².